The molecule has 5 rings (SSSR count). The number of ether oxygens (including phenoxy) is 3. The van der Waals surface area contributed by atoms with Crippen molar-refractivity contribution in [2.45, 2.75) is 31.8 Å². The van der Waals surface area contributed by atoms with Crippen molar-refractivity contribution in [1.29, 1.82) is 0 Å². The predicted octanol–water partition coefficient (Wildman–Crippen LogP) is 4.00. The minimum atomic E-state index is -0.322. The molecule has 2 aromatic heterocycles. The minimum Gasteiger partial charge on any atom is -0.495 e. The number of methoxy groups -OCH3 is 2. The number of nitrogens with zero attached hydrogens (tertiary/aromatic N) is 4. The van der Waals surface area contributed by atoms with Gasteiger partial charge in [-0.25, -0.2) is 4.98 Å². The SMILES string of the molecule is C=CC(=O)N1CCC(NCCn2c(=O)c(-c3c(Cl)c(OC)cc(OC)c3Cl)cc3cnc(NCC4CCOCC4)nc32)C1. The first-order valence-electron chi connectivity index (χ1n) is 14.3. The van der Waals surface area contributed by atoms with Crippen molar-refractivity contribution >= 4 is 46.1 Å². The quantitative estimate of drug-likeness (QED) is 0.303. The van der Waals surface area contributed by atoms with Crippen LogP contribution < -0.4 is 25.7 Å². The summed E-state index contributed by atoms with van der Waals surface area (Å²) in [5.74, 6) is 1.48. The zero-order chi connectivity index (χ0) is 30.5. The lowest BCUT2D eigenvalue weighted by Gasteiger charge is -2.22. The maximum absolute atomic E-state index is 14.2. The number of pyridine rings is 1. The minimum absolute atomic E-state index is 0.0841. The van der Waals surface area contributed by atoms with Gasteiger partial charge in [-0.15, -0.1) is 0 Å². The van der Waals surface area contributed by atoms with Crippen LogP contribution in [-0.4, -0.2) is 85.0 Å². The molecule has 1 amide bonds. The van der Waals surface area contributed by atoms with E-state index in [0.717, 1.165) is 39.0 Å². The number of rotatable bonds is 11. The lowest BCUT2D eigenvalue weighted by atomic mass is 10.0. The molecular weight excluding hydrogens is 595 g/mol. The molecule has 0 radical (unpaired) electrons. The summed E-state index contributed by atoms with van der Waals surface area (Å²) in [4.78, 5) is 37.3. The van der Waals surface area contributed by atoms with Gasteiger partial charge in [0.2, 0.25) is 11.9 Å². The Morgan fingerprint density at radius 3 is 2.56 bits per heavy atom. The first-order chi connectivity index (χ1) is 20.8. The molecule has 0 bridgehead atoms. The summed E-state index contributed by atoms with van der Waals surface area (Å²) in [6, 6.07) is 3.39. The number of amides is 1. The Morgan fingerprint density at radius 1 is 1.16 bits per heavy atom. The van der Waals surface area contributed by atoms with Crippen molar-refractivity contribution in [3.63, 3.8) is 0 Å². The van der Waals surface area contributed by atoms with E-state index in [1.807, 2.05) is 0 Å². The van der Waals surface area contributed by atoms with Crippen LogP contribution in [0, 0.1) is 5.92 Å². The van der Waals surface area contributed by atoms with Gasteiger partial charge in [-0.3, -0.25) is 14.2 Å². The van der Waals surface area contributed by atoms with Gasteiger partial charge < -0.3 is 29.7 Å². The Balaban J connectivity index is 1.50. The van der Waals surface area contributed by atoms with Gasteiger partial charge in [0.05, 0.1) is 29.8 Å². The maximum atomic E-state index is 14.2. The van der Waals surface area contributed by atoms with Crippen LogP contribution in [-0.2, 0) is 16.1 Å². The van der Waals surface area contributed by atoms with E-state index in [9.17, 15) is 9.59 Å². The van der Waals surface area contributed by atoms with Gasteiger partial charge in [-0.05, 0) is 37.3 Å². The number of fused-ring (bicyclic) bond motifs is 1. The highest BCUT2D eigenvalue weighted by molar-refractivity contribution is 6.41. The van der Waals surface area contributed by atoms with E-state index in [-0.39, 0.29) is 33.1 Å². The molecular formula is C30H36Cl2N6O5. The summed E-state index contributed by atoms with van der Waals surface area (Å²) >= 11 is 13.4. The number of halogens is 2. The van der Waals surface area contributed by atoms with Gasteiger partial charge in [0.15, 0.2) is 0 Å². The molecule has 2 saturated heterocycles. The van der Waals surface area contributed by atoms with E-state index in [0.29, 0.717) is 66.1 Å². The van der Waals surface area contributed by atoms with Gasteiger partial charge in [-0.2, -0.15) is 4.98 Å². The van der Waals surface area contributed by atoms with E-state index in [1.54, 1.807) is 27.8 Å². The number of hydrogen-bond acceptors (Lipinski definition) is 9. The molecule has 11 nitrogen and oxygen atoms in total. The molecule has 2 aliphatic heterocycles. The molecule has 2 fully saturated rings. The lowest BCUT2D eigenvalue weighted by Crippen LogP contribution is -2.37. The Bertz CT molecular complexity index is 1530. The van der Waals surface area contributed by atoms with Gasteiger partial charge in [0.1, 0.15) is 17.1 Å². The van der Waals surface area contributed by atoms with Crippen molar-refractivity contribution in [1.82, 2.24) is 24.8 Å². The van der Waals surface area contributed by atoms with Crippen molar-refractivity contribution in [2.24, 2.45) is 5.92 Å². The van der Waals surface area contributed by atoms with Crippen LogP contribution in [0.4, 0.5) is 5.95 Å². The molecule has 0 saturated carbocycles. The van der Waals surface area contributed by atoms with Gasteiger partial charge in [0.25, 0.3) is 5.56 Å². The first kappa shape index (κ1) is 31.1. The normalized spacial score (nSPS) is 17.3. The van der Waals surface area contributed by atoms with Crippen LogP contribution in [0.25, 0.3) is 22.2 Å². The average molecular weight is 632 g/mol. The molecule has 0 spiro atoms. The maximum Gasteiger partial charge on any atom is 0.260 e. The smallest absolute Gasteiger partial charge is 0.260 e. The van der Waals surface area contributed by atoms with E-state index in [4.69, 9.17) is 42.4 Å². The Labute approximate surface area is 260 Å². The van der Waals surface area contributed by atoms with Crippen LogP contribution in [0.3, 0.4) is 0 Å². The van der Waals surface area contributed by atoms with E-state index in [2.05, 4.69) is 22.2 Å². The van der Waals surface area contributed by atoms with Crippen molar-refractivity contribution in [2.75, 3.05) is 58.9 Å². The molecule has 43 heavy (non-hydrogen) atoms. The summed E-state index contributed by atoms with van der Waals surface area (Å²) in [5, 5.41) is 7.86. The fraction of sp³-hybridized carbons (Fsp3) is 0.467. The Kier molecular flexibility index (Phi) is 10.1. The topological polar surface area (TPSA) is 120 Å². The number of aromatic nitrogens is 3. The van der Waals surface area contributed by atoms with Crippen molar-refractivity contribution in [3.05, 3.63) is 51.4 Å². The van der Waals surface area contributed by atoms with Gasteiger partial charge in [-0.1, -0.05) is 29.8 Å². The second-order valence-electron chi connectivity index (χ2n) is 10.6. The van der Waals surface area contributed by atoms with E-state index >= 15 is 0 Å². The standard InChI is InChI=1S/C30H36Cl2N6O5/c1-4-24(39)37-9-5-20(17-37)33-8-10-38-28-19(16-35-30(36-28)34-15-18-6-11-43-12-7-18)13-21(29(38)40)25-26(31)22(41-2)14-23(42-3)27(25)32/h4,13-14,16,18,20,33H,1,5-12,15,17H2,2-3H3,(H,34,35,36). The van der Waals surface area contributed by atoms with Crippen LogP contribution >= 0.6 is 23.2 Å². The third-order valence-corrected chi connectivity index (χ3v) is 8.75. The highest BCUT2D eigenvalue weighted by Gasteiger charge is 2.26. The summed E-state index contributed by atoms with van der Waals surface area (Å²) in [7, 11) is 2.97. The van der Waals surface area contributed by atoms with Crippen LogP contribution in [0.5, 0.6) is 11.5 Å². The molecule has 2 aliphatic rings. The molecule has 1 atom stereocenters. The van der Waals surface area contributed by atoms with E-state index < -0.39 is 0 Å². The van der Waals surface area contributed by atoms with Crippen LogP contribution in [0.15, 0.2) is 35.8 Å². The zero-order valence-corrected chi connectivity index (χ0v) is 25.8. The Morgan fingerprint density at radius 2 is 1.88 bits per heavy atom. The van der Waals surface area contributed by atoms with Crippen molar-refractivity contribution in [3.8, 4) is 22.6 Å². The second-order valence-corrected chi connectivity index (χ2v) is 11.4. The lowest BCUT2D eigenvalue weighted by molar-refractivity contribution is -0.125. The van der Waals surface area contributed by atoms with Crippen LogP contribution in [0.1, 0.15) is 19.3 Å². The summed E-state index contributed by atoms with van der Waals surface area (Å²) in [6.45, 7) is 7.81. The largest absolute Gasteiger partial charge is 0.495 e. The number of nitrogens with one attached hydrogen (secondary N) is 2. The third kappa shape index (κ3) is 6.75. The number of hydrogen-bond donors (Lipinski definition) is 2. The fourth-order valence-electron chi connectivity index (χ4n) is 5.58. The molecule has 3 aromatic rings. The molecule has 1 unspecified atom stereocenters. The summed E-state index contributed by atoms with van der Waals surface area (Å²) in [6.07, 6.45) is 5.78. The first-order valence-corrected chi connectivity index (χ1v) is 15.1. The third-order valence-electron chi connectivity index (χ3n) is 8.00. The van der Waals surface area contributed by atoms with Crippen molar-refractivity contribution < 1.29 is 19.0 Å². The molecule has 4 heterocycles. The number of carbonyl (C=O) groups excluding carboxylic acids is 1. The Hall–Kier alpha value is -3.38. The number of anilines is 1. The number of benzene rings is 1. The average Bonchev–Trinajstić information content (AvgIpc) is 3.51. The van der Waals surface area contributed by atoms with Crippen LogP contribution in [0.2, 0.25) is 10.0 Å². The zero-order valence-electron chi connectivity index (χ0n) is 24.3. The highest BCUT2D eigenvalue weighted by atomic mass is 35.5. The monoisotopic (exact) mass is 630 g/mol. The summed E-state index contributed by atoms with van der Waals surface area (Å²) in [5.41, 5.74) is 0.744. The molecule has 1 aromatic carbocycles. The van der Waals surface area contributed by atoms with E-state index in [1.165, 1.54) is 20.3 Å². The second kappa shape index (κ2) is 13.9. The van der Waals surface area contributed by atoms with Gasteiger partial charge in [0, 0.05) is 75.2 Å². The van der Waals surface area contributed by atoms with Gasteiger partial charge >= 0.3 is 0 Å². The number of likely N-dealkylation sites (tertiary alicyclic amines) is 1. The predicted molar refractivity (Wildman–Crippen MR) is 168 cm³/mol. The fourth-order valence-corrected chi connectivity index (χ4v) is 6.28. The number of carbonyl (C=O) groups is 1. The molecule has 13 heteroatoms. The molecule has 230 valence electrons. The molecule has 0 aliphatic carbocycles. The highest BCUT2D eigenvalue weighted by Crippen LogP contribution is 2.45. The molecule has 2 N–H and O–H groups in total. The summed E-state index contributed by atoms with van der Waals surface area (Å²) < 4.78 is 18.0.